The first-order valence-electron chi connectivity index (χ1n) is 5.79. The van der Waals surface area contributed by atoms with Crippen molar-refractivity contribution in [3.8, 4) is 34.5 Å². The Morgan fingerprint density at radius 3 is 2.65 bits per heavy atom. The fourth-order valence-corrected chi connectivity index (χ4v) is 1.68. The van der Waals surface area contributed by atoms with Gasteiger partial charge in [0.15, 0.2) is 11.5 Å². The Kier molecular flexibility index (Phi) is 2.79. The van der Waals surface area contributed by atoms with Crippen LogP contribution in [0.4, 0.5) is 0 Å². The second-order valence-corrected chi connectivity index (χ2v) is 4.12. The van der Waals surface area contributed by atoms with Gasteiger partial charge in [0.25, 0.3) is 5.89 Å². The summed E-state index contributed by atoms with van der Waals surface area (Å²) in [7, 11) is 0. The summed E-state index contributed by atoms with van der Waals surface area (Å²) in [5.41, 5.74) is 1.06. The lowest BCUT2D eigenvalue weighted by molar-refractivity contribution is 0.402. The van der Waals surface area contributed by atoms with Gasteiger partial charge < -0.3 is 14.7 Å². The number of hydrogen-bond donors (Lipinski definition) is 2. The Bertz CT molecular complexity index is 770. The van der Waals surface area contributed by atoms with Crippen molar-refractivity contribution in [2.75, 3.05) is 0 Å². The summed E-state index contributed by atoms with van der Waals surface area (Å²) in [5.74, 6) is 0.709. The first-order chi connectivity index (χ1) is 9.63. The third-order valence-electron chi connectivity index (χ3n) is 2.65. The van der Waals surface area contributed by atoms with E-state index in [0.29, 0.717) is 22.9 Å². The molecule has 20 heavy (non-hydrogen) atoms. The molecule has 0 saturated carbocycles. The third kappa shape index (κ3) is 2.16. The number of nitrogens with zero attached hydrogens (tertiary/aromatic N) is 4. The van der Waals surface area contributed by atoms with E-state index >= 15 is 0 Å². The molecule has 0 aliphatic heterocycles. The molecule has 0 bridgehead atoms. The van der Waals surface area contributed by atoms with Crippen molar-refractivity contribution < 1.29 is 14.7 Å². The highest BCUT2D eigenvalue weighted by Gasteiger charge is 2.13. The zero-order chi connectivity index (χ0) is 14.1. The van der Waals surface area contributed by atoms with E-state index in [4.69, 9.17) is 4.52 Å². The maximum absolute atomic E-state index is 9.46. The normalized spacial score (nSPS) is 10.7. The van der Waals surface area contributed by atoms with E-state index in [1.54, 1.807) is 25.3 Å². The molecule has 0 aliphatic rings. The molecule has 0 fully saturated rings. The summed E-state index contributed by atoms with van der Waals surface area (Å²) in [6.07, 6.45) is 1.61. The maximum atomic E-state index is 9.46. The second-order valence-electron chi connectivity index (χ2n) is 4.12. The molecule has 0 aliphatic carbocycles. The van der Waals surface area contributed by atoms with Crippen LogP contribution < -0.4 is 0 Å². The van der Waals surface area contributed by atoms with E-state index in [1.807, 2.05) is 0 Å². The molecule has 0 spiro atoms. The van der Waals surface area contributed by atoms with E-state index in [9.17, 15) is 10.2 Å². The zero-order valence-corrected chi connectivity index (χ0v) is 10.5. The van der Waals surface area contributed by atoms with Crippen molar-refractivity contribution in [1.29, 1.82) is 0 Å². The zero-order valence-electron chi connectivity index (χ0n) is 10.5. The summed E-state index contributed by atoms with van der Waals surface area (Å²) in [5, 5.41) is 22.6. The number of aryl methyl sites for hydroxylation is 1. The predicted molar refractivity (Wildman–Crippen MR) is 68.8 cm³/mol. The highest BCUT2D eigenvalue weighted by molar-refractivity contribution is 5.61. The van der Waals surface area contributed by atoms with Crippen LogP contribution in [0.15, 0.2) is 35.0 Å². The molecule has 2 N–H and O–H groups in total. The lowest BCUT2D eigenvalue weighted by Crippen LogP contribution is -1.91. The molecular weight excluding hydrogens is 260 g/mol. The first kappa shape index (κ1) is 12.1. The monoisotopic (exact) mass is 270 g/mol. The first-order valence-corrected chi connectivity index (χ1v) is 5.79. The summed E-state index contributed by atoms with van der Waals surface area (Å²) >= 11 is 0. The largest absolute Gasteiger partial charge is 0.504 e. The SMILES string of the molecule is Cc1nccc(-c2noc(-c3ccc(O)c(O)c3)n2)n1. The van der Waals surface area contributed by atoms with E-state index < -0.39 is 0 Å². The average molecular weight is 270 g/mol. The molecule has 100 valence electrons. The van der Waals surface area contributed by atoms with Crippen molar-refractivity contribution in [2.24, 2.45) is 0 Å². The van der Waals surface area contributed by atoms with Gasteiger partial charge >= 0.3 is 0 Å². The molecule has 7 heteroatoms. The highest BCUT2D eigenvalue weighted by atomic mass is 16.5. The molecule has 1 aromatic carbocycles. The third-order valence-corrected chi connectivity index (χ3v) is 2.65. The van der Waals surface area contributed by atoms with Gasteiger partial charge in [0.2, 0.25) is 5.82 Å². The van der Waals surface area contributed by atoms with Crippen LogP contribution >= 0.6 is 0 Å². The van der Waals surface area contributed by atoms with Crippen LogP contribution in [0.3, 0.4) is 0 Å². The van der Waals surface area contributed by atoms with Gasteiger partial charge in [-0.25, -0.2) is 9.97 Å². The predicted octanol–water partition coefficient (Wildman–Crippen LogP) is 1.91. The molecule has 2 aromatic heterocycles. The standard InChI is InChI=1S/C13H10N4O3/c1-7-14-5-4-9(15-7)12-16-13(20-17-12)8-2-3-10(18)11(19)6-8/h2-6,18-19H,1H3. The quantitative estimate of drug-likeness (QED) is 0.685. The summed E-state index contributed by atoms with van der Waals surface area (Å²) in [6.45, 7) is 1.77. The Morgan fingerprint density at radius 2 is 1.90 bits per heavy atom. The summed E-state index contributed by atoms with van der Waals surface area (Å²) in [4.78, 5) is 12.4. The number of phenols is 2. The Hall–Kier alpha value is -2.96. The van der Waals surface area contributed by atoms with E-state index in [0.717, 1.165) is 0 Å². The van der Waals surface area contributed by atoms with Crippen molar-refractivity contribution >= 4 is 0 Å². The highest BCUT2D eigenvalue weighted by Crippen LogP contribution is 2.30. The minimum absolute atomic E-state index is 0.208. The van der Waals surface area contributed by atoms with E-state index in [1.165, 1.54) is 12.1 Å². The minimum Gasteiger partial charge on any atom is -0.504 e. The van der Waals surface area contributed by atoms with Crippen molar-refractivity contribution in [3.05, 3.63) is 36.3 Å². The van der Waals surface area contributed by atoms with Crippen LogP contribution in [0.5, 0.6) is 11.5 Å². The number of rotatable bonds is 2. The van der Waals surface area contributed by atoms with Crippen LogP contribution in [-0.4, -0.2) is 30.3 Å². The molecule has 0 radical (unpaired) electrons. The van der Waals surface area contributed by atoms with Crippen LogP contribution in [0.2, 0.25) is 0 Å². The van der Waals surface area contributed by atoms with Gasteiger partial charge in [-0.05, 0) is 31.2 Å². The molecule has 3 aromatic rings. The summed E-state index contributed by atoms with van der Waals surface area (Å²) in [6, 6.07) is 5.94. The maximum Gasteiger partial charge on any atom is 0.258 e. The fourth-order valence-electron chi connectivity index (χ4n) is 1.68. The lowest BCUT2D eigenvalue weighted by atomic mass is 10.2. The van der Waals surface area contributed by atoms with Gasteiger partial charge in [0.05, 0.1) is 0 Å². The molecule has 0 amide bonds. The van der Waals surface area contributed by atoms with Crippen LogP contribution in [0.1, 0.15) is 5.82 Å². The Labute approximate surface area is 113 Å². The molecule has 2 heterocycles. The number of aromatic nitrogens is 4. The van der Waals surface area contributed by atoms with Gasteiger partial charge in [-0.3, -0.25) is 0 Å². The van der Waals surface area contributed by atoms with Gasteiger partial charge in [0.1, 0.15) is 11.5 Å². The molecule has 0 unspecified atom stereocenters. The molecule has 7 nitrogen and oxygen atoms in total. The van der Waals surface area contributed by atoms with Crippen LogP contribution in [0.25, 0.3) is 23.0 Å². The van der Waals surface area contributed by atoms with Gasteiger partial charge in [-0.1, -0.05) is 5.16 Å². The van der Waals surface area contributed by atoms with E-state index in [-0.39, 0.29) is 17.4 Å². The fraction of sp³-hybridized carbons (Fsp3) is 0.0769. The van der Waals surface area contributed by atoms with Crippen LogP contribution in [0, 0.1) is 6.92 Å². The number of hydrogen-bond acceptors (Lipinski definition) is 7. The van der Waals surface area contributed by atoms with Crippen LogP contribution in [-0.2, 0) is 0 Å². The number of phenolic OH excluding ortho intramolecular Hbond substituents is 2. The minimum atomic E-state index is -0.250. The molecule has 0 saturated heterocycles. The van der Waals surface area contributed by atoms with Gasteiger partial charge in [-0.15, -0.1) is 0 Å². The Balaban J connectivity index is 1.99. The van der Waals surface area contributed by atoms with Gasteiger partial charge in [0, 0.05) is 11.8 Å². The molecule has 0 atom stereocenters. The molecular formula is C13H10N4O3. The van der Waals surface area contributed by atoms with Crippen molar-refractivity contribution in [3.63, 3.8) is 0 Å². The van der Waals surface area contributed by atoms with Crippen molar-refractivity contribution in [1.82, 2.24) is 20.1 Å². The topological polar surface area (TPSA) is 105 Å². The average Bonchev–Trinajstić information content (AvgIpc) is 2.92. The number of benzene rings is 1. The summed E-state index contributed by atoms with van der Waals surface area (Å²) < 4.78 is 5.13. The second kappa shape index (κ2) is 4.61. The van der Waals surface area contributed by atoms with Crippen molar-refractivity contribution in [2.45, 2.75) is 6.92 Å². The lowest BCUT2D eigenvalue weighted by Gasteiger charge is -1.98. The number of aromatic hydroxyl groups is 2. The van der Waals surface area contributed by atoms with Gasteiger partial charge in [-0.2, -0.15) is 4.98 Å². The smallest absolute Gasteiger partial charge is 0.258 e. The Morgan fingerprint density at radius 1 is 1.05 bits per heavy atom. The van der Waals surface area contributed by atoms with E-state index in [2.05, 4.69) is 20.1 Å². The molecule has 3 rings (SSSR count).